The second-order valence-corrected chi connectivity index (χ2v) is 5.68. The molecule has 1 aliphatic carbocycles. The molecule has 4 N–H and O–H groups in total. The molecule has 0 radical (unpaired) electrons. The van der Waals surface area contributed by atoms with Gasteiger partial charge in [-0.2, -0.15) is 0 Å². The molecule has 0 atom stereocenters. The van der Waals surface area contributed by atoms with Gasteiger partial charge in [0.25, 0.3) is 5.91 Å². The zero-order valence-electron chi connectivity index (χ0n) is 11.3. The van der Waals surface area contributed by atoms with Crippen LogP contribution in [-0.2, 0) is 0 Å². The van der Waals surface area contributed by atoms with Crippen LogP contribution in [-0.4, -0.2) is 21.4 Å². The topological polar surface area (TPSA) is 88.0 Å². The monoisotopic (exact) mass is 293 g/mol. The number of nitrogens with two attached hydrogens (primary N) is 1. The van der Waals surface area contributed by atoms with E-state index in [9.17, 15) is 9.59 Å². The van der Waals surface area contributed by atoms with E-state index in [1.54, 1.807) is 12.1 Å². The van der Waals surface area contributed by atoms with Crippen molar-refractivity contribution in [3.8, 4) is 0 Å². The quantitative estimate of drug-likeness (QED) is 0.582. The Kier molecular flexibility index (Phi) is 4.54. The van der Waals surface area contributed by atoms with Crippen LogP contribution in [0.3, 0.4) is 0 Å². The number of hydrogen-bond donors (Lipinski definition) is 3. The van der Waals surface area contributed by atoms with Crippen LogP contribution in [0, 0.1) is 0 Å². The van der Waals surface area contributed by atoms with Crippen LogP contribution >= 0.6 is 12.2 Å². The van der Waals surface area contributed by atoms with Crippen molar-refractivity contribution in [3.05, 3.63) is 34.2 Å². The molecule has 6 heteroatoms. The first-order valence-corrected chi connectivity index (χ1v) is 7.26. The first kappa shape index (κ1) is 14.7. The van der Waals surface area contributed by atoms with Crippen molar-refractivity contribution in [3.63, 3.8) is 0 Å². The normalized spacial score (nSPS) is 18.0. The lowest BCUT2D eigenvalue weighted by molar-refractivity contribution is 0.0912. The van der Waals surface area contributed by atoms with Crippen LogP contribution < -0.4 is 16.6 Å². The van der Waals surface area contributed by atoms with Gasteiger partial charge in [-0.25, -0.2) is 0 Å². The Bertz CT molecular complexity index is 560. The second kappa shape index (κ2) is 6.17. The van der Waals surface area contributed by atoms with Gasteiger partial charge in [-0.3, -0.25) is 9.59 Å². The summed E-state index contributed by atoms with van der Waals surface area (Å²) in [5.41, 5.74) is 5.17. The molecule has 1 aromatic rings. The third kappa shape index (κ3) is 3.25. The Labute approximate surface area is 123 Å². The minimum Gasteiger partial charge on any atom is -0.391 e. The van der Waals surface area contributed by atoms with Crippen molar-refractivity contribution in [2.24, 2.45) is 5.73 Å². The third-order valence-corrected chi connectivity index (χ3v) is 4.19. The van der Waals surface area contributed by atoms with Crippen molar-refractivity contribution in [2.75, 3.05) is 0 Å². The van der Waals surface area contributed by atoms with Gasteiger partial charge in [-0.05, 0) is 18.9 Å². The van der Waals surface area contributed by atoms with Gasteiger partial charge >= 0.3 is 0 Å². The van der Waals surface area contributed by atoms with Crippen molar-refractivity contribution in [1.29, 1.82) is 0 Å². The maximum atomic E-state index is 12.3. The van der Waals surface area contributed by atoms with Gasteiger partial charge in [0, 0.05) is 6.07 Å². The molecule has 5 nitrogen and oxygen atoms in total. The summed E-state index contributed by atoms with van der Waals surface area (Å²) in [6.07, 6.45) is 5.74. The van der Waals surface area contributed by atoms with Crippen molar-refractivity contribution in [1.82, 2.24) is 10.3 Å². The highest BCUT2D eigenvalue weighted by Crippen LogP contribution is 2.27. The predicted molar refractivity (Wildman–Crippen MR) is 81.7 cm³/mol. The molecule has 0 saturated heterocycles. The van der Waals surface area contributed by atoms with E-state index in [2.05, 4.69) is 10.3 Å². The van der Waals surface area contributed by atoms with Crippen LogP contribution in [0.25, 0.3) is 0 Å². The minimum absolute atomic E-state index is 0.234. The number of carbonyl (C=O) groups is 1. The van der Waals surface area contributed by atoms with E-state index in [0.29, 0.717) is 4.99 Å². The molecule has 1 heterocycles. The molecule has 108 valence electrons. The van der Waals surface area contributed by atoms with Crippen LogP contribution in [0.15, 0.2) is 23.0 Å². The second-order valence-electron chi connectivity index (χ2n) is 5.24. The molecule has 1 aliphatic rings. The number of amides is 1. The fraction of sp³-hybridized carbons (Fsp3) is 0.500. The van der Waals surface area contributed by atoms with Gasteiger partial charge in [0.05, 0.1) is 10.5 Å². The highest BCUT2D eigenvalue weighted by molar-refractivity contribution is 7.80. The average molecular weight is 293 g/mol. The summed E-state index contributed by atoms with van der Waals surface area (Å²) in [7, 11) is 0. The molecule has 2 rings (SSSR count). The maximum absolute atomic E-state index is 12.3. The lowest BCUT2D eigenvalue weighted by atomic mass is 9.90. The molecule has 0 spiro atoms. The number of pyridine rings is 1. The molecule has 1 fully saturated rings. The number of aromatic amines is 1. The number of H-pyrrole nitrogens is 1. The maximum Gasteiger partial charge on any atom is 0.268 e. The Hall–Kier alpha value is -1.69. The third-order valence-electron chi connectivity index (χ3n) is 3.79. The van der Waals surface area contributed by atoms with Gasteiger partial charge in [0.15, 0.2) is 0 Å². The van der Waals surface area contributed by atoms with Gasteiger partial charge in [0.2, 0.25) is 5.56 Å². The van der Waals surface area contributed by atoms with E-state index >= 15 is 0 Å². The largest absolute Gasteiger partial charge is 0.391 e. The van der Waals surface area contributed by atoms with Gasteiger partial charge in [-0.15, -0.1) is 0 Å². The van der Waals surface area contributed by atoms with E-state index in [1.807, 2.05) is 0 Å². The van der Waals surface area contributed by atoms with Gasteiger partial charge < -0.3 is 16.0 Å². The Balaban J connectivity index is 2.21. The fourth-order valence-corrected chi connectivity index (χ4v) is 2.89. The summed E-state index contributed by atoms with van der Waals surface area (Å²) in [4.78, 5) is 26.4. The highest BCUT2D eigenvalue weighted by Gasteiger charge is 2.35. The lowest BCUT2D eigenvalue weighted by Gasteiger charge is -2.32. The molecule has 0 unspecified atom stereocenters. The number of aromatic nitrogens is 1. The Morgan fingerprint density at radius 1 is 1.25 bits per heavy atom. The van der Waals surface area contributed by atoms with Crippen molar-refractivity contribution in [2.45, 2.75) is 44.1 Å². The number of rotatable bonds is 3. The Morgan fingerprint density at radius 2 is 1.90 bits per heavy atom. The predicted octanol–water partition coefficient (Wildman–Crippen LogP) is 1.48. The summed E-state index contributed by atoms with van der Waals surface area (Å²) in [5, 5.41) is 2.94. The summed E-state index contributed by atoms with van der Waals surface area (Å²) < 4.78 is 0. The fourth-order valence-electron chi connectivity index (χ4n) is 2.63. The Morgan fingerprint density at radius 3 is 2.45 bits per heavy atom. The summed E-state index contributed by atoms with van der Waals surface area (Å²) in [5.74, 6) is -0.336. The van der Waals surface area contributed by atoms with E-state index in [1.165, 1.54) is 6.07 Å². The molecular weight excluding hydrogens is 274 g/mol. The zero-order chi connectivity index (χ0) is 14.6. The first-order valence-electron chi connectivity index (χ1n) is 6.85. The first-order chi connectivity index (χ1) is 9.53. The van der Waals surface area contributed by atoms with Crippen LogP contribution in [0.2, 0.25) is 0 Å². The molecule has 0 aliphatic heterocycles. The summed E-state index contributed by atoms with van der Waals surface area (Å²) in [6.45, 7) is 0. The van der Waals surface area contributed by atoms with Crippen LogP contribution in [0.5, 0.6) is 0 Å². The van der Waals surface area contributed by atoms with Crippen molar-refractivity contribution >= 4 is 23.1 Å². The molecule has 0 bridgehead atoms. The van der Waals surface area contributed by atoms with E-state index in [0.717, 1.165) is 38.5 Å². The standard InChI is InChI=1S/C14H19N3O2S/c15-13(20)14(8-3-1-2-4-9-14)17-12(19)10-6-5-7-11(18)16-10/h5-7H,1-4,8-9H2,(H2,15,20)(H,16,18)(H,17,19). The minimum atomic E-state index is -0.629. The number of hydrogen-bond acceptors (Lipinski definition) is 3. The van der Waals surface area contributed by atoms with Crippen molar-refractivity contribution < 1.29 is 4.79 Å². The summed E-state index contributed by atoms with van der Waals surface area (Å²) in [6, 6.07) is 4.49. The molecule has 20 heavy (non-hydrogen) atoms. The molecule has 1 saturated carbocycles. The van der Waals surface area contributed by atoms with E-state index < -0.39 is 5.54 Å². The number of nitrogens with one attached hydrogen (secondary N) is 2. The van der Waals surface area contributed by atoms with Gasteiger partial charge in [0.1, 0.15) is 5.69 Å². The van der Waals surface area contributed by atoms with Crippen LogP contribution in [0.4, 0.5) is 0 Å². The lowest BCUT2D eigenvalue weighted by Crippen LogP contribution is -2.56. The summed E-state index contributed by atoms with van der Waals surface area (Å²) >= 11 is 5.17. The smallest absolute Gasteiger partial charge is 0.268 e. The average Bonchev–Trinajstić information content (AvgIpc) is 2.65. The zero-order valence-corrected chi connectivity index (χ0v) is 12.1. The molecule has 1 amide bonds. The van der Waals surface area contributed by atoms with Gasteiger partial charge in [-0.1, -0.05) is 44.0 Å². The molecule has 1 aromatic heterocycles. The molecule has 0 aromatic carbocycles. The van der Waals surface area contributed by atoms with Crippen LogP contribution in [0.1, 0.15) is 49.0 Å². The van der Waals surface area contributed by atoms with E-state index in [4.69, 9.17) is 18.0 Å². The molecular formula is C14H19N3O2S. The number of thiocarbonyl (C=S) groups is 1. The van der Waals surface area contributed by atoms with E-state index in [-0.39, 0.29) is 17.2 Å². The SMILES string of the molecule is NC(=S)C1(NC(=O)c2cccc(=O)[nH]2)CCCCCC1. The number of carbonyl (C=O) groups excluding carboxylic acids is 1. The highest BCUT2D eigenvalue weighted by atomic mass is 32.1.